The molecular weight excluding hydrogens is 1230 g/mol. The third kappa shape index (κ3) is 9.02. The van der Waals surface area contributed by atoms with E-state index in [1.54, 1.807) is 0 Å². The van der Waals surface area contributed by atoms with Crippen LogP contribution < -0.4 is 9.64 Å². The predicted molar refractivity (Wildman–Crippen MR) is 407 cm³/mol. The van der Waals surface area contributed by atoms with Crippen molar-refractivity contribution in [3.63, 3.8) is 0 Å². The van der Waals surface area contributed by atoms with Gasteiger partial charge in [-0.15, -0.1) is 0 Å². The van der Waals surface area contributed by atoms with Gasteiger partial charge < -0.3 is 22.9 Å². The molecule has 1 spiro atoms. The van der Waals surface area contributed by atoms with E-state index in [1.807, 2.05) is 30.3 Å². The fourth-order valence-electron chi connectivity index (χ4n) is 16.0. The van der Waals surface area contributed by atoms with Crippen LogP contribution in [0.1, 0.15) is 38.9 Å². The Morgan fingerprint density at radius 1 is 0.313 bits per heavy atom. The first kappa shape index (κ1) is 56.7. The van der Waals surface area contributed by atoms with Gasteiger partial charge in [-0.25, -0.2) is 0 Å². The van der Waals surface area contributed by atoms with Crippen LogP contribution in [0.5, 0.6) is 11.5 Å². The second-order valence-corrected chi connectivity index (χ2v) is 26.3. The van der Waals surface area contributed by atoms with Gasteiger partial charge >= 0.3 is 0 Å². The highest BCUT2D eigenvalue weighted by Gasteiger charge is 2.51. The molecule has 0 radical (unpaired) electrons. The van der Waals surface area contributed by atoms with Crippen LogP contribution >= 0.6 is 11.6 Å². The lowest BCUT2D eigenvalue weighted by Gasteiger charge is -2.40. The molecule has 6 heteroatoms. The average molecular weight is 1290 g/mol. The lowest BCUT2D eigenvalue weighted by molar-refractivity contribution is 0.436. The molecule has 1 atom stereocenters. The van der Waals surface area contributed by atoms with E-state index in [9.17, 15) is 0 Å². The van der Waals surface area contributed by atoms with E-state index in [0.29, 0.717) is 5.02 Å². The monoisotopic (exact) mass is 1290 g/mol. The van der Waals surface area contributed by atoms with Crippen LogP contribution in [0.2, 0.25) is 5.02 Å². The zero-order chi connectivity index (χ0) is 65.3. The summed E-state index contributed by atoms with van der Waals surface area (Å²) in [5.74, 6) is 1.56. The number of halogens is 1. The van der Waals surface area contributed by atoms with Crippen molar-refractivity contribution in [2.24, 2.45) is 0 Å². The first-order valence-electron chi connectivity index (χ1n) is 33.5. The predicted octanol–water partition coefficient (Wildman–Crippen LogP) is 26.2. The minimum atomic E-state index is -0.871. The molecule has 0 saturated heterocycles. The Labute approximate surface area is 575 Å². The number of nitrogens with zero attached hydrogens (tertiary/aromatic N) is 1. The summed E-state index contributed by atoms with van der Waals surface area (Å²) in [5.41, 5.74) is 26.4. The van der Waals surface area contributed by atoms with Gasteiger partial charge in [0.1, 0.15) is 45.0 Å². The molecule has 464 valence electrons. The Morgan fingerprint density at radius 3 is 1.71 bits per heavy atom. The van der Waals surface area contributed by atoms with Crippen LogP contribution in [0.4, 0.5) is 17.1 Å². The minimum absolute atomic E-state index is 0.685. The van der Waals surface area contributed by atoms with E-state index in [-0.39, 0.29) is 0 Å². The summed E-state index contributed by atoms with van der Waals surface area (Å²) in [6, 6.07) is 119. The van der Waals surface area contributed by atoms with Crippen molar-refractivity contribution in [2.45, 2.75) is 5.41 Å². The number of para-hydroxylation sites is 5. The van der Waals surface area contributed by atoms with Gasteiger partial charge in [0, 0.05) is 65.6 Å². The van der Waals surface area contributed by atoms with Crippen LogP contribution in [0.3, 0.4) is 0 Å². The van der Waals surface area contributed by atoms with Crippen molar-refractivity contribution in [1.82, 2.24) is 0 Å². The SMILES string of the molecule is Clc1ccc(-c2ccc3c(c2)Oc2ccc(N(c4ccccc4)c4cc(-c5ccccc5)cc5oc6ccccc6c45)cc2C32c3ccccc3-c3cc(/C=C(/c4cccc(-c5cccc6c5oc5ccccc56)c4)c4cc(-c5ccccc5)c5oc6ccccc6c5c4)ccc32)cc1. The molecule has 99 heavy (non-hydrogen) atoms. The van der Waals surface area contributed by atoms with Crippen molar-refractivity contribution in [3.8, 4) is 67.1 Å². The summed E-state index contributed by atoms with van der Waals surface area (Å²) in [7, 11) is 0. The first-order chi connectivity index (χ1) is 48.9. The largest absolute Gasteiger partial charge is 0.457 e. The highest BCUT2D eigenvalue weighted by atomic mass is 35.5. The third-order valence-electron chi connectivity index (χ3n) is 20.4. The Morgan fingerprint density at radius 2 is 0.919 bits per heavy atom. The molecule has 0 fully saturated rings. The Balaban J connectivity index is 0.825. The Hall–Kier alpha value is -12.7. The molecule has 3 aromatic heterocycles. The smallest absolute Gasteiger partial charge is 0.143 e. The van der Waals surface area contributed by atoms with E-state index >= 15 is 0 Å². The molecular formula is C93H56ClNO4. The molecule has 18 aromatic rings. The lowest BCUT2D eigenvalue weighted by Crippen LogP contribution is -2.32. The Kier molecular flexibility index (Phi) is 12.9. The summed E-state index contributed by atoms with van der Waals surface area (Å²) in [6.07, 6.45) is 2.39. The summed E-state index contributed by atoms with van der Waals surface area (Å²) >= 11 is 6.53. The zero-order valence-electron chi connectivity index (χ0n) is 53.3. The van der Waals surface area contributed by atoms with Crippen molar-refractivity contribution >= 4 is 106 Å². The van der Waals surface area contributed by atoms with E-state index in [0.717, 1.165) is 189 Å². The maximum Gasteiger partial charge on any atom is 0.143 e. The van der Waals surface area contributed by atoms with Gasteiger partial charge in [-0.2, -0.15) is 0 Å². The van der Waals surface area contributed by atoms with Gasteiger partial charge in [-0.3, -0.25) is 0 Å². The standard InChI is InChI=1S/C93H56ClNO4/c94-66-42-39-59(40-43-66)61-41-46-81-88(54-61)97-87-47-44-68(95(67-26-8-3-9-27-67)83-53-64(58-20-4-1-5-21-58)55-89-90(83)74-31-13-17-37-86(74)96-89)56-82(87)93(81)79-34-14-10-28-70(79)77-49-57(38-45-80(77)93)48-75(63-25-18-24-62(50-63)69-32-19-33-73-71-29-11-15-35-84(71)98-91(69)73)65-51-76(60-22-6-2-7-23-60)92-78(52-65)72-30-12-16-36-85(72)99-92/h1-56H/b75-48-. The molecule has 20 rings (SSSR count). The summed E-state index contributed by atoms with van der Waals surface area (Å²) < 4.78 is 27.8. The van der Waals surface area contributed by atoms with Gasteiger partial charge in [0.25, 0.3) is 0 Å². The fourth-order valence-corrected chi connectivity index (χ4v) is 16.1. The molecule has 4 heterocycles. The minimum Gasteiger partial charge on any atom is -0.457 e. The number of hydrogen-bond acceptors (Lipinski definition) is 5. The number of rotatable bonds is 10. The summed E-state index contributed by atoms with van der Waals surface area (Å²) in [5, 5.41) is 7.05. The second kappa shape index (κ2) is 22.5. The molecule has 1 unspecified atom stereocenters. The van der Waals surface area contributed by atoms with E-state index in [4.69, 9.17) is 29.6 Å². The normalized spacial score (nSPS) is 13.9. The maximum atomic E-state index is 7.38. The van der Waals surface area contributed by atoms with Gasteiger partial charge in [0.2, 0.25) is 0 Å². The molecule has 1 aliphatic carbocycles. The number of fused-ring (bicyclic) bond motifs is 18. The second-order valence-electron chi connectivity index (χ2n) is 25.9. The van der Waals surface area contributed by atoms with Crippen LogP contribution in [0.15, 0.2) is 347 Å². The summed E-state index contributed by atoms with van der Waals surface area (Å²) in [6.45, 7) is 0. The van der Waals surface area contributed by atoms with Crippen LogP contribution in [-0.4, -0.2) is 0 Å². The van der Waals surface area contributed by atoms with Crippen molar-refractivity contribution in [1.29, 1.82) is 0 Å². The molecule has 5 nitrogen and oxygen atoms in total. The number of anilines is 3. The Bertz CT molecular complexity index is 6340. The molecule has 0 saturated carbocycles. The van der Waals surface area contributed by atoms with Crippen molar-refractivity contribution in [2.75, 3.05) is 4.90 Å². The van der Waals surface area contributed by atoms with Gasteiger partial charge in [0.05, 0.1) is 16.5 Å². The average Bonchev–Trinajstić information content (AvgIpc) is 1.55. The summed E-state index contributed by atoms with van der Waals surface area (Å²) in [4.78, 5) is 2.40. The van der Waals surface area contributed by atoms with Crippen molar-refractivity contribution < 1.29 is 18.0 Å². The number of benzene rings is 15. The number of furan rings is 3. The fraction of sp³-hybridized carbons (Fsp3) is 0.0108. The number of ether oxygens (including phenoxy) is 1. The molecule has 0 N–H and O–H groups in total. The van der Waals surface area contributed by atoms with Crippen LogP contribution in [-0.2, 0) is 5.41 Å². The van der Waals surface area contributed by atoms with E-state index < -0.39 is 5.41 Å². The molecule has 15 aromatic carbocycles. The quantitative estimate of drug-likeness (QED) is 0.128. The maximum absolute atomic E-state index is 7.38. The topological polar surface area (TPSA) is 51.9 Å². The highest BCUT2D eigenvalue weighted by Crippen LogP contribution is 2.64. The zero-order valence-corrected chi connectivity index (χ0v) is 54.0. The van der Waals surface area contributed by atoms with Gasteiger partial charge in [0.15, 0.2) is 0 Å². The highest BCUT2D eigenvalue weighted by molar-refractivity contribution is 6.30. The lowest BCUT2D eigenvalue weighted by atomic mass is 9.65. The van der Waals surface area contributed by atoms with E-state index in [1.165, 1.54) is 5.56 Å². The molecule has 1 aliphatic heterocycles. The molecule has 0 bridgehead atoms. The number of hydrogen-bond donors (Lipinski definition) is 0. The van der Waals surface area contributed by atoms with Crippen molar-refractivity contribution in [3.05, 3.63) is 378 Å². The van der Waals surface area contributed by atoms with E-state index in [2.05, 4.69) is 314 Å². The molecule has 2 aliphatic rings. The van der Waals surface area contributed by atoms with Crippen LogP contribution in [0, 0.1) is 0 Å². The third-order valence-corrected chi connectivity index (χ3v) is 20.6. The molecule has 0 amide bonds. The van der Waals surface area contributed by atoms with Crippen LogP contribution in [0.25, 0.3) is 133 Å². The van der Waals surface area contributed by atoms with Gasteiger partial charge in [-0.1, -0.05) is 242 Å². The van der Waals surface area contributed by atoms with Gasteiger partial charge in [-0.05, 0) is 187 Å². The first-order valence-corrected chi connectivity index (χ1v) is 33.9.